The third kappa shape index (κ3) is 5.67. The molecule has 8 nitrogen and oxygen atoms in total. The van der Waals surface area contributed by atoms with Crippen molar-refractivity contribution in [2.45, 2.75) is 57.2 Å². The lowest BCUT2D eigenvalue weighted by Crippen LogP contribution is -2.41. The van der Waals surface area contributed by atoms with Gasteiger partial charge in [-0.15, -0.1) is 0 Å². The molecule has 4 aromatic carbocycles. The summed E-state index contributed by atoms with van der Waals surface area (Å²) in [5.41, 5.74) is 5.32. The molecule has 8 heteroatoms. The summed E-state index contributed by atoms with van der Waals surface area (Å²) in [7, 11) is 0. The summed E-state index contributed by atoms with van der Waals surface area (Å²) >= 11 is 0. The first-order chi connectivity index (χ1) is 24.5. The fourth-order valence-corrected chi connectivity index (χ4v) is 7.83. The van der Waals surface area contributed by atoms with E-state index < -0.39 is 5.54 Å². The molecule has 254 valence electrons. The van der Waals surface area contributed by atoms with E-state index in [1.165, 1.54) is 0 Å². The molecule has 0 unspecified atom stereocenters. The molecular weight excluding hydrogens is 622 g/mol. The van der Waals surface area contributed by atoms with E-state index in [0.29, 0.717) is 43.4 Å². The molecule has 1 saturated carbocycles. The third-order valence-electron chi connectivity index (χ3n) is 10.1. The average Bonchev–Trinajstić information content (AvgIpc) is 3.83. The topological polar surface area (TPSA) is 74.4 Å². The maximum absolute atomic E-state index is 14.2. The minimum Gasteiger partial charge on any atom is -0.491 e. The van der Waals surface area contributed by atoms with Crippen molar-refractivity contribution in [2.24, 2.45) is 0 Å². The molecule has 1 aliphatic carbocycles. The first kappa shape index (κ1) is 32.0. The molecule has 0 bridgehead atoms. The molecule has 2 aromatic heterocycles. The van der Waals surface area contributed by atoms with E-state index in [-0.39, 0.29) is 17.7 Å². The number of hydrogen-bond acceptors (Lipinski definition) is 6. The van der Waals surface area contributed by atoms with Crippen LogP contribution in [0.3, 0.4) is 0 Å². The molecule has 0 spiro atoms. The van der Waals surface area contributed by atoms with Crippen LogP contribution < -0.4 is 15.2 Å². The van der Waals surface area contributed by atoms with E-state index in [2.05, 4.69) is 113 Å². The number of anilines is 1. The smallest absolute Gasteiger partial charge is 0.290 e. The summed E-state index contributed by atoms with van der Waals surface area (Å²) in [4.78, 5) is 16.3. The highest BCUT2D eigenvalue weighted by Gasteiger charge is 2.41. The van der Waals surface area contributed by atoms with Gasteiger partial charge < -0.3 is 14.4 Å². The van der Waals surface area contributed by atoms with Gasteiger partial charge in [-0.25, -0.2) is 9.36 Å². The van der Waals surface area contributed by atoms with Crippen molar-refractivity contribution in [3.05, 3.63) is 142 Å². The zero-order chi connectivity index (χ0) is 34.1. The minimum atomic E-state index is -0.840. The normalized spacial score (nSPS) is 15.6. The Hall–Kier alpha value is -5.21. The van der Waals surface area contributed by atoms with Gasteiger partial charge in [0.2, 0.25) is 0 Å². The number of ether oxygens (including phenoxy) is 2. The summed E-state index contributed by atoms with van der Waals surface area (Å²) in [6.07, 6.45) is 4.08. The predicted molar refractivity (Wildman–Crippen MR) is 198 cm³/mol. The predicted octanol–water partition coefficient (Wildman–Crippen LogP) is 7.84. The summed E-state index contributed by atoms with van der Waals surface area (Å²) in [6, 6.07) is 40.0. The van der Waals surface area contributed by atoms with Crippen LogP contribution in [0.2, 0.25) is 0 Å². The first-order valence-corrected chi connectivity index (χ1v) is 17.9. The van der Waals surface area contributed by atoms with Gasteiger partial charge in [0.25, 0.3) is 5.56 Å². The molecule has 2 fully saturated rings. The van der Waals surface area contributed by atoms with Gasteiger partial charge in [-0.1, -0.05) is 104 Å². The van der Waals surface area contributed by atoms with Gasteiger partial charge in [-0.2, -0.15) is 10.2 Å². The quantitative estimate of drug-likeness (QED) is 0.147. The Morgan fingerprint density at radius 1 is 0.760 bits per heavy atom. The molecule has 1 saturated heterocycles. The van der Waals surface area contributed by atoms with Crippen molar-refractivity contribution in [3.8, 4) is 17.1 Å². The van der Waals surface area contributed by atoms with Crippen LogP contribution >= 0.6 is 0 Å². The lowest BCUT2D eigenvalue weighted by atomic mass is 9.77. The van der Waals surface area contributed by atoms with E-state index in [4.69, 9.17) is 19.7 Å². The summed E-state index contributed by atoms with van der Waals surface area (Å²) in [6.45, 7) is 6.55. The molecule has 6 aromatic rings. The summed E-state index contributed by atoms with van der Waals surface area (Å²) in [5.74, 6) is 0.760. The van der Waals surface area contributed by atoms with Gasteiger partial charge in [-0.3, -0.25) is 4.79 Å². The fraction of sp³-hybridized carbons (Fsp3) is 0.310. The van der Waals surface area contributed by atoms with Crippen LogP contribution in [0.4, 0.5) is 5.69 Å². The lowest BCUT2D eigenvalue weighted by molar-refractivity contribution is 0.122. The zero-order valence-corrected chi connectivity index (χ0v) is 28.7. The van der Waals surface area contributed by atoms with Crippen molar-refractivity contribution < 1.29 is 9.47 Å². The fourth-order valence-electron chi connectivity index (χ4n) is 7.83. The number of benzene rings is 4. The standard InChI is InChI=1S/C42H43N5O3/c1-30(2)50-35-22-23-38-36(28-35)40(37-29-39(45-24-26-49-27-25-45)41(48)46(43-37)34-20-12-13-21-34)44-47(38)42(31-14-6-3-7-15-31,32-16-8-4-9-17-32)33-18-10-5-11-19-33/h3-11,14-19,22-23,28-30,34H,12-13,20-21,24-27H2,1-2H3. The molecule has 50 heavy (non-hydrogen) atoms. The van der Waals surface area contributed by atoms with Crippen LogP contribution in [0.15, 0.2) is 120 Å². The molecule has 0 atom stereocenters. The molecular formula is C42H43N5O3. The number of fused-ring (bicyclic) bond motifs is 1. The van der Waals surface area contributed by atoms with Gasteiger partial charge in [-0.05, 0) is 67.6 Å². The number of hydrogen-bond donors (Lipinski definition) is 0. The van der Waals surface area contributed by atoms with E-state index in [9.17, 15) is 4.79 Å². The van der Waals surface area contributed by atoms with Crippen molar-refractivity contribution in [1.29, 1.82) is 0 Å². The highest BCUT2D eigenvalue weighted by atomic mass is 16.5. The molecule has 0 radical (unpaired) electrons. The van der Waals surface area contributed by atoms with Crippen LogP contribution in [-0.4, -0.2) is 52.0 Å². The van der Waals surface area contributed by atoms with Crippen molar-refractivity contribution in [3.63, 3.8) is 0 Å². The Labute approximate surface area is 292 Å². The zero-order valence-electron chi connectivity index (χ0n) is 28.7. The van der Waals surface area contributed by atoms with Crippen LogP contribution in [0.25, 0.3) is 22.3 Å². The van der Waals surface area contributed by atoms with Crippen LogP contribution in [0.5, 0.6) is 5.75 Å². The highest BCUT2D eigenvalue weighted by molar-refractivity contribution is 5.94. The Balaban J connectivity index is 1.46. The number of nitrogens with zero attached hydrogens (tertiary/aromatic N) is 5. The van der Waals surface area contributed by atoms with E-state index >= 15 is 0 Å². The third-order valence-corrected chi connectivity index (χ3v) is 10.1. The van der Waals surface area contributed by atoms with Crippen LogP contribution in [0, 0.1) is 0 Å². The van der Waals surface area contributed by atoms with E-state index in [0.717, 1.165) is 59.0 Å². The van der Waals surface area contributed by atoms with Crippen LogP contribution in [0.1, 0.15) is 62.3 Å². The molecule has 1 aliphatic heterocycles. The van der Waals surface area contributed by atoms with E-state index in [1.54, 1.807) is 4.68 Å². The Morgan fingerprint density at radius 3 is 1.90 bits per heavy atom. The van der Waals surface area contributed by atoms with Gasteiger partial charge in [0, 0.05) is 18.5 Å². The largest absolute Gasteiger partial charge is 0.491 e. The van der Waals surface area contributed by atoms with Crippen molar-refractivity contribution >= 4 is 16.6 Å². The molecule has 2 aliphatic rings. The Kier molecular flexibility index (Phi) is 8.71. The van der Waals surface area contributed by atoms with Crippen molar-refractivity contribution in [1.82, 2.24) is 19.6 Å². The summed E-state index contributed by atoms with van der Waals surface area (Å²) in [5, 5.41) is 11.7. The van der Waals surface area contributed by atoms with Gasteiger partial charge in [0.1, 0.15) is 28.4 Å². The SMILES string of the molecule is CC(C)Oc1ccc2c(c1)c(-c1cc(N3CCOCC3)c(=O)n(C3CCCC3)n1)nn2C(c1ccccc1)(c1ccccc1)c1ccccc1. The molecule has 0 N–H and O–H groups in total. The monoisotopic (exact) mass is 665 g/mol. The molecule has 3 heterocycles. The number of morpholine rings is 1. The second-order valence-electron chi connectivity index (χ2n) is 13.6. The van der Waals surface area contributed by atoms with Gasteiger partial charge >= 0.3 is 0 Å². The summed E-state index contributed by atoms with van der Waals surface area (Å²) < 4.78 is 15.9. The second-order valence-corrected chi connectivity index (χ2v) is 13.6. The van der Waals surface area contributed by atoms with Gasteiger partial charge in [0.15, 0.2) is 0 Å². The van der Waals surface area contributed by atoms with Crippen molar-refractivity contribution in [2.75, 3.05) is 31.2 Å². The highest BCUT2D eigenvalue weighted by Crippen LogP contribution is 2.44. The maximum atomic E-state index is 14.2. The molecule has 8 rings (SSSR count). The number of aromatic nitrogens is 4. The first-order valence-electron chi connectivity index (χ1n) is 17.9. The van der Waals surface area contributed by atoms with E-state index in [1.807, 2.05) is 26.0 Å². The second kappa shape index (κ2) is 13.6. The Bertz CT molecular complexity index is 2030. The minimum absolute atomic E-state index is 0.00156. The average molecular weight is 666 g/mol. The lowest BCUT2D eigenvalue weighted by Gasteiger charge is -2.37. The Morgan fingerprint density at radius 2 is 1.34 bits per heavy atom. The van der Waals surface area contributed by atoms with Crippen LogP contribution in [-0.2, 0) is 10.3 Å². The molecule has 0 amide bonds. The maximum Gasteiger partial charge on any atom is 0.290 e. The number of rotatable bonds is 9. The van der Waals surface area contributed by atoms with Gasteiger partial charge in [0.05, 0.1) is 30.9 Å².